The fraction of sp³-hybridized carbons (Fsp3) is 0.857. The smallest absolute Gasteiger partial charge is 0.325 e. The summed E-state index contributed by atoms with van der Waals surface area (Å²) in [4.78, 5) is 10.9. The number of hydrogen-bond acceptors (Lipinski definition) is 4. The van der Waals surface area contributed by atoms with Gasteiger partial charge in [0.25, 0.3) is 5.92 Å². The Morgan fingerprint density at radius 3 is 2.92 bits per heavy atom. The molecule has 0 amide bonds. The summed E-state index contributed by atoms with van der Waals surface area (Å²) < 4.78 is 34.6. The maximum atomic E-state index is 12.7. The van der Waals surface area contributed by atoms with Crippen LogP contribution in [0.5, 0.6) is 0 Å². The highest BCUT2D eigenvalue weighted by molar-refractivity contribution is 5.76. The van der Waals surface area contributed by atoms with Gasteiger partial charge in [-0.1, -0.05) is 0 Å². The van der Waals surface area contributed by atoms with E-state index in [-0.39, 0.29) is 6.61 Å². The molecule has 1 aliphatic carbocycles. The molecule has 4 nitrogen and oxygen atoms in total. The summed E-state index contributed by atoms with van der Waals surface area (Å²) in [6.07, 6.45) is -1.06. The SMILES string of the molecule is COC(=O)C1COC2C(N1)C2(F)F. The zero-order chi connectivity index (χ0) is 9.64. The molecule has 0 radical (unpaired) electrons. The first-order valence-corrected chi connectivity index (χ1v) is 3.90. The number of fused-ring (bicyclic) bond motifs is 1. The number of methoxy groups -OCH3 is 1. The van der Waals surface area contributed by atoms with E-state index in [0.717, 1.165) is 0 Å². The number of nitrogens with one attached hydrogen (secondary N) is 1. The lowest BCUT2D eigenvalue weighted by Crippen LogP contribution is -2.47. The predicted octanol–water partition coefficient (Wildman–Crippen LogP) is -0.466. The lowest BCUT2D eigenvalue weighted by Gasteiger charge is -2.19. The van der Waals surface area contributed by atoms with Gasteiger partial charge in [-0.2, -0.15) is 0 Å². The van der Waals surface area contributed by atoms with Crippen molar-refractivity contribution in [3.05, 3.63) is 0 Å². The quantitative estimate of drug-likeness (QED) is 0.572. The van der Waals surface area contributed by atoms with Gasteiger partial charge in [-0.25, -0.2) is 8.78 Å². The summed E-state index contributed by atoms with van der Waals surface area (Å²) in [6, 6.07) is -1.79. The second-order valence-corrected chi connectivity index (χ2v) is 3.15. The maximum absolute atomic E-state index is 12.7. The monoisotopic (exact) mass is 193 g/mol. The molecule has 2 fully saturated rings. The molecule has 74 valence electrons. The van der Waals surface area contributed by atoms with E-state index in [9.17, 15) is 13.6 Å². The first-order valence-electron chi connectivity index (χ1n) is 3.90. The van der Waals surface area contributed by atoms with E-state index in [1.807, 2.05) is 0 Å². The number of carbonyl (C=O) groups is 1. The third-order valence-electron chi connectivity index (χ3n) is 2.30. The van der Waals surface area contributed by atoms with Crippen molar-refractivity contribution in [3.63, 3.8) is 0 Å². The van der Waals surface area contributed by atoms with Crippen LogP contribution < -0.4 is 5.32 Å². The van der Waals surface area contributed by atoms with Crippen LogP contribution in [0.3, 0.4) is 0 Å². The molecule has 3 unspecified atom stereocenters. The number of halogens is 2. The molecule has 2 aliphatic rings. The van der Waals surface area contributed by atoms with Crippen LogP contribution in [0.25, 0.3) is 0 Å². The second kappa shape index (κ2) is 2.62. The molecule has 0 bridgehead atoms. The molecule has 1 saturated carbocycles. The van der Waals surface area contributed by atoms with E-state index in [0.29, 0.717) is 0 Å². The summed E-state index contributed by atoms with van der Waals surface area (Å²) in [5, 5.41) is 2.48. The molecule has 3 atom stereocenters. The van der Waals surface area contributed by atoms with Gasteiger partial charge in [0.2, 0.25) is 0 Å². The first kappa shape index (κ1) is 8.83. The van der Waals surface area contributed by atoms with Gasteiger partial charge < -0.3 is 9.47 Å². The molecule has 6 heteroatoms. The molecular weight excluding hydrogens is 184 g/mol. The van der Waals surface area contributed by atoms with Gasteiger partial charge in [0, 0.05) is 0 Å². The largest absolute Gasteiger partial charge is 0.468 e. The van der Waals surface area contributed by atoms with Crippen LogP contribution in [-0.2, 0) is 14.3 Å². The summed E-state index contributed by atoms with van der Waals surface area (Å²) in [6.45, 7) is -0.0522. The Kier molecular flexibility index (Phi) is 1.78. The normalized spacial score (nSPS) is 40.7. The highest BCUT2D eigenvalue weighted by Crippen LogP contribution is 2.46. The highest BCUT2D eigenvalue weighted by atomic mass is 19.3. The van der Waals surface area contributed by atoms with Crippen molar-refractivity contribution >= 4 is 5.97 Å². The average Bonchev–Trinajstić information content (AvgIpc) is 2.68. The number of morpholine rings is 1. The summed E-state index contributed by atoms with van der Waals surface area (Å²) in [5.74, 6) is -3.40. The minimum absolute atomic E-state index is 0.0522. The fourth-order valence-corrected chi connectivity index (χ4v) is 1.45. The van der Waals surface area contributed by atoms with Crippen LogP contribution in [0, 0.1) is 0 Å². The zero-order valence-corrected chi connectivity index (χ0v) is 6.92. The van der Waals surface area contributed by atoms with E-state index < -0.39 is 30.1 Å². The topological polar surface area (TPSA) is 47.6 Å². The number of esters is 1. The minimum atomic E-state index is -2.83. The van der Waals surface area contributed by atoms with Crippen LogP contribution in [0.2, 0.25) is 0 Å². The van der Waals surface area contributed by atoms with Crippen molar-refractivity contribution in [2.45, 2.75) is 24.1 Å². The Balaban J connectivity index is 1.97. The van der Waals surface area contributed by atoms with Gasteiger partial charge in [0.1, 0.15) is 18.2 Å². The Morgan fingerprint density at radius 2 is 2.38 bits per heavy atom. The standard InChI is InChI=1S/C7H9F2NO3/c1-12-6(11)3-2-13-5-4(10-3)7(5,8)9/h3-5,10H,2H2,1H3. The molecule has 1 N–H and O–H groups in total. The molecule has 0 aromatic heterocycles. The van der Waals surface area contributed by atoms with Crippen molar-refractivity contribution in [1.82, 2.24) is 5.32 Å². The summed E-state index contributed by atoms with van der Waals surface area (Å²) in [7, 11) is 1.21. The predicted molar refractivity (Wildman–Crippen MR) is 37.4 cm³/mol. The van der Waals surface area contributed by atoms with Gasteiger partial charge in [0.15, 0.2) is 0 Å². The molecule has 2 rings (SSSR count). The van der Waals surface area contributed by atoms with Crippen LogP contribution in [0.15, 0.2) is 0 Å². The van der Waals surface area contributed by atoms with Crippen LogP contribution in [-0.4, -0.2) is 43.8 Å². The molecule has 0 spiro atoms. The third kappa shape index (κ3) is 1.21. The van der Waals surface area contributed by atoms with Crippen LogP contribution in [0.4, 0.5) is 8.78 Å². The zero-order valence-electron chi connectivity index (χ0n) is 6.92. The Hall–Kier alpha value is -0.750. The second-order valence-electron chi connectivity index (χ2n) is 3.15. The number of rotatable bonds is 1. The molecule has 1 saturated heterocycles. The van der Waals surface area contributed by atoms with E-state index in [1.54, 1.807) is 0 Å². The molecule has 0 aromatic rings. The number of carbonyl (C=O) groups excluding carboxylic acids is 1. The third-order valence-corrected chi connectivity index (χ3v) is 2.30. The molecule has 13 heavy (non-hydrogen) atoms. The Bertz CT molecular complexity index is 246. The fourth-order valence-electron chi connectivity index (χ4n) is 1.45. The molecule has 1 heterocycles. The summed E-state index contributed by atoms with van der Waals surface area (Å²) in [5.41, 5.74) is 0. The van der Waals surface area contributed by atoms with Gasteiger partial charge in [-0.15, -0.1) is 0 Å². The van der Waals surface area contributed by atoms with Crippen LogP contribution in [0.1, 0.15) is 0 Å². The molecule has 0 aromatic carbocycles. The van der Waals surface area contributed by atoms with E-state index in [2.05, 4.69) is 10.1 Å². The number of hydrogen-bond donors (Lipinski definition) is 1. The van der Waals surface area contributed by atoms with Gasteiger partial charge in [-0.05, 0) is 0 Å². The minimum Gasteiger partial charge on any atom is -0.468 e. The van der Waals surface area contributed by atoms with Crippen molar-refractivity contribution < 1.29 is 23.0 Å². The lowest BCUT2D eigenvalue weighted by atomic mass is 10.3. The molecule has 1 aliphatic heterocycles. The van der Waals surface area contributed by atoms with Gasteiger partial charge >= 0.3 is 5.97 Å². The maximum Gasteiger partial charge on any atom is 0.325 e. The van der Waals surface area contributed by atoms with Gasteiger partial charge in [0.05, 0.1) is 13.7 Å². The van der Waals surface area contributed by atoms with Crippen LogP contribution >= 0.6 is 0 Å². The highest BCUT2D eigenvalue weighted by Gasteiger charge is 2.72. The van der Waals surface area contributed by atoms with E-state index in [1.165, 1.54) is 7.11 Å². The first-order chi connectivity index (χ1) is 6.07. The number of alkyl halides is 2. The van der Waals surface area contributed by atoms with Crippen molar-refractivity contribution in [2.75, 3.05) is 13.7 Å². The van der Waals surface area contributed by atoms with Gasteiger partial charge in [-0.3, -0.25) is 10.1 Å². The van der Waals surface area contributed by atoms with E-state index >= 15 is 0 Å². The molecular formula is C7H9F2NO3. The average molecular weight is 193 g/mol. The lowest BCUT2D eigenvalue weighted by molar-refractivity contribution is -0.146. The number of ether oxygens (including phenoxy) is 2. The Labute approximate surface area is 73.2 Å². The van der Waals surface area contributed by atoms with Crippen molar-refractivity contribution in [2.24, 2.45) is 0 Å². The Morgan fingerprint density at radius 1 is 1.69 bits per heavy atom. The van der Waals surface area contributed by atoms with Crippen molar-refractivity contribution in [3.8, 4) is 0 Å². The summed E-state index contributed by atoms with van der Waals surface area (Å²) >= 11 is 0. The van der Waals surface area contributed by atoms with Crippen molar-refractivity contribution in [1.29, 1.82) is 0 Å². The van der Waals surface area contributed by atoms with E-state index in [4.69, 9.17) is 4.74 Å².